The summed E-state index contributed by atoms with van der Waals surface area (Å²) in [5.41, 5.74) is 0.312. The topological polar surface area (TPSA) is 72.5 Å². The fourth-order valence-corrected chi connectivity index (χ4v) is 2.22. The van der Waals surface area contributed by atoms with Crippen molar-refractivity contribution in [2.24, 2.45) is 0 Å². The number of para-hydroxylation sites is 1. The molecule has 0 aliphatic heterocycles. The van der Waals surface area contributed by atoms with E-state index < -0.39 is 23.8 Å². The fourth-order valence-electron chi connectivity index (χ4n) is 2.07. The standard InChI is InChI=1S/C18H15ClFNO4/c1-10(22)13-5-3-4-6-16(13)21-17(23)11(2)25-18(24)14-8-7-12(19)9-15(14)20/h3-9,11H,1-2H3,(H,21,23)/t11-/m0/s1. The Morgan fingerprint density at radius 3 is 2.44 bits per heavy atom. The van der Waals surface area contributed by atoms with Gasteiger partial charge in [0.1, 0.15) is 5.82 Å². The van der Waals surface area contributed by atoms with Crippen LogP contribution in [0, 0.1) is 5.82 Å². The lowest BCUT2D eigenvalue weighted by molar-refractivity contribution is -0.123. The minimum absolute atomic E-state index is 0.140. The number of benzene rings is 2. The van der Waals surface area contributed by atoms with Crippen LogP contribution in [0.4, 0.5) is 10.1 Å². The van der Waals surface area contributed by atoms with Gasteiger partial charge in [-0.05, 0) is 44.2 Å². The molecule has 7 heteroatoms. The second-order valence-electron chi connectivity index (χ2n) is 5.26. The summed E-state index contributed by atoms with van der Waals surface area (Å²) in [6, 6.07) is 9.94. The van der Waals surface area contributed by atoms with Crippen molar-refractivity contribution in [2.75, 3.05) is 5.32 Å². The molecule has 0 spiro atoms. The van der Waals surface area contributed by atoms with Gasteiger partial charge in [0.15, 0.2) is 11.9 Å². The van der Waals surface area contributed by atoms with Crippen LogP contribution in [0.2, 0.25) is 5.02 Å². The first-order chi connectivity index (χ1) is 11.8. The fraction of sp³-hybridized carbons (Fsp3) is 0.167. The molecule has 0 radical (unpaired) electrons. The molecule has 0 aliphatic carbocycles. The highest BCUT2D eigenvalue weighted by atomic mass is 35.5. The van der Waals surface area contributed by atoms with Gasteiger partial charge < -0.3 is 10.1 Å². The highest BCUT2D eigenvalue weighted by molar-refractivity contribution is 6.30. The van der Waals surface area contributed by atoms with Crippen LogP contribution >= 0.6 is 11.6 Å². The van der Waals surface area contributed by atoms with E-state index >= 15 is 0 Å². The van der Waals surface area contributed by atoms with Gasteiger partial charge in [-0.3, -0.25) is 9.59 Å². The zero-order valence-electron chi connectivity index (χ0n) is 13.5. The van der Waals surface area contributed by atoms with Crippen LogP contribution in [0.1, 0.15) is 34.6 Å². The molecule has 5 nitrogen and oxygen atoms in total. The number of halogens is 2. The van der Waals surface area contributed by atoms with Gasteiger partial charge in [0.05, 0.1) is 11.3 Å². The minimum atomic E-state index is -1.19. The van der Waals surface area contributed by atoms with Crippen molar-refractivity contribution >= 4 is 34.9 Å². The van der Waals surface area contributed by atoms with E-state index in [0.717, 1.165) is 6.07 Å². The Hall–Kier alpha value is -2.73. The van der Waals surface area contributed by atoms with Crippen LogP contribution in [0.15, 0.2) is 42.5 Å². The average Bonchev–Trinajstić information content (AvgIpc) is 2.54. The van der Waals surface area contributed by atoms with Gasteiger partial charge in [-0.25, -0.2) is 9.18 Å². The highest BCUT2D eigenvalue weighted by Crippen LogP contribution is 2.18. The maximum Gasteiger partial charge on any atom is 0.341 e. The SMILES string of the molecule is CC(=O)c1ccccc1NC(=O)[C@H](C)OC(=O)c1ccc(Cl)cc1F. The lowest BCUT2D eigenvalue weighted by atomic mass is 10.1. The number of ketones is 1. The summed E-state index contributed by atoms with van der Waals surface area (Å²) in [6.45, 7) is 2.72. The molecule has 0 saturated carbocycles. The largest absolute Gasteiger partial charge is 0.449 e. The third-order valence-corrected chi connectivity index (χ3v) is 3.60. The van der Waals surface area contributed by atoms with Crippen LogP contribution in [0.25, 0.3) is 0 Å². The molecule has 0 unspecified atom stereocenters. The molecular formula is C18H15ClFNO4. The molecule has 1 atom stereocenters. The minimum Gasteiger partial charge on any atom is -0.449 e. The van der Waals surface area contributed by atoms with Gasteiger partial charge in [0.25, 0.3) is 5.91 Å². The summed E-state index contributed by atoms with van der Waals surface area (Å²) in [4.78, 5) is 35.7. The van der Waals surface area contributed by atoms with Gasteiger partial charge in [0.2, 0.25) is 0 Å². The zero-order chi connectivity index (χ0) is 18.6. The predicted octanol–water partition coefficient (Wildman–Crippen LogP) is 3.87. The second-order valence-corrected chi connectivity index (χ2v) is 5.70. The number of esters is 1. The van der Waals surface area contributed by atoms with Crippen molar-refractivity contribution in [3.8, 4) is 0 Å². The van der Waals surface area contributed by atoms with Crippen LogP contribution in [0.5, 0.6) is 0 Å². The first-order valence-corrected chi connectivity index (χ1v) is 7.74. The summed E-state index contributed by atoms with van der Waals surface area (Å²) in [5, 5.41) is 2.66. The Kier molecular flexibility index (Phi) is 5.88. The number of Topliss-reactive ketones (excluding diaryl/α,β-unsaturated/α-hetero) is 1. The van der Waals surface area contributed by atoms with E-state index in [-0.39, 0.29) is 16.4 Å². The monoisotopic (exact) mass is 363 g/mol. The molecule has 0 saturated heterocycles. The summed E-state index contributed by atoms with van der Waals surface area (Å²) in [7, 11) is 0. The highest BCUT2D eigenvalue weighted by Gasteiger charge is 2.22. The molecule has 0 heterocycles. The van der Waals surface area contributed by atoms with Crippen molar-refractivity contribution in [3.05, 3.63) is 64.4 Å². The van der Waals surface area contributed by atoms with Crippen molar-refractivity contribution in [2.45, 2.75) is 20.0 Å². The Balaban J connectivity index is 2.08. The van der Waals surface area contributed by atoms with Crippen LogP contribution in [-0.4, -0.2) is 23.8 Å². The number of carbonyl (C=O) groups excluding carboxylic acids is 3. The van der Waals surface area contributed by atoms with E-state index in [1.165, 1.54) is 26.0 Å². The summed E-state index contributed by atoms with van der Waals surface area (Å²) in [6.07, 6.45) is -1.19. The Morgan fingerprint density at radius 2 is 1.80 bits per heavy atom. The van der Waals surface area contributed by atoms with E-state index in [2.05, 4.69) is 5.32 Å². The molecule has 2 aromatic carbocycles. The van der Waals surface area contributed by atoms with E-state index in [1.807, 2.05) is 0 Å². The average molecular weight is 364 g/mol. The summed E-state index contributed by atoms with van der Waals surface area (Å²) in [5.74, 6) is -2.69. The smallest absolute Gasteiger partial charge is 0.341 e. The summed E-state index contributed by atoms with van der Waals surface area (Å²) < 4.78 is 18.7. The number of nitrogens with one attached hydrogen (secondary N) is 1. The first kappa shape index (κ1) is 18.6. The van der Waals surface area contributed by atoms with Gasteiger partial charge in [0, 0.05) is 10.6 Å². The van der Waals surface area contributed by atoms with Crippen LogP contribution < -0.4 is 5.32 Å². The number of amides is 1. The molecule has 2 aromatic rings. The van der Waals surface area contributed by atoms with Crippen LogP contribution in [0.3, 0.4) is 0 Å². The van der Waals surface area contributed by atoms with E-state index in [0.29, 0.717) is 11.3 Å². The summed E-state index contributed by atoms with van der Waals surface area (Å²) >= 11 is 5.62. The Bertz CT molecular complexity index is 838. The molecule has 0 bridgehead atoms. The third kappa shape index (κ3) is 4.64. The number of rotatable bonds is 5. The number of hydrogen-bond acceptors (Lipinski definition) is 4. The molecule has 25 heavy (non-hydrogen) atoms. The number of anilines is 1. The predicted molar refractivity (Wildman–Crippen MR) is 91.4 cm³/mol. The number of carbonyl (C=O) groups is 3. The molecular weight excluding hydrogens is 349 g/mol. The van der Waals surface area contributed by atoms with Crippen molar-refractivity contribution in [3.63, 3.8) is 0 Å². The molecule has 1 N–H and O–H groups in total. The molecule has 0 aromatic heterocycles. The Labute approximate surface area is 148 Å². The first-order valence-electron chi connectivity index (χ1n) is 7.36. The lowest BCUT2D eigenvalue weighted by Gasteiger charge is -2.15. The van der Waals surface area contributed by atoms with Gasteiger partial charge in [-0.15, -0.1) is 0 Å². The molecule has 1 amide bonds. The molecule has 0 fully saturated rings. The van der Waals surface area contributed by atoms with E-state index in [1.54, 1.807) is 24.3 Å². The van der Waals surface area contributed by atoms with Crippen molar-refractivity contribution < 1.29 is 23.5 Å². The van der Waals surface area contributed by atoms with Gasteiger partial charge in [-0.2, -0.15) is 0 Å². The quantitative estimate of drug-likeness (QED) is 0.646. The molecule has 130 valence electrons. The lowest BCUT2D eigenvalue weighted by Crippen LogP contribution is -2.30. The maximum absolute atomic E-state index is 13.7. The number of ether oxygens (including phenoxy) is 1. The zero-order valence-corrected chi connectivity index (χ0v) is 14.3. The number of hydrogen-bond donors (Lipinski definition) is 1. The van der Waals surface area contributed by atoms with E-state index in [4.69, 9.17) is 16.3 Å². The second kappa shape index (κ2) is 7.90. The van der Waals surface area contributed by atoms with Gasteiger partial charge >= 0.3 is 5.97 Å². The maximum atomic E-state index is 13.7. The Morgan fingerprint density at radius 1 is 1.12 bits per heavy atom. The van der Waals surface area contributed by atoms with Crippen LogP contribution in [-0.2, 0) is 9.53 Å². The van der Waals surface area contributed by atoms with Crippen molar-refractivity contribution in [1.29, 1.82) is 0 Å². The van der Waals surface area contributed by atoms with Crippen molar-refractivity contribution in [1.82, 2.24) is 0 Å². The molecule has 0 aliphatic rings. The van der Waals surface area contributed by atoms with E-state index in [9.17, 15) is 18.8 Å². The normalized spacial score (nSPS) is 11.5. The third-order valence-electron chi connectivity index (χ3n) is 3.37. The molecule has 2 rings (SSSR count). The van der Waals surface area contributed by atoms with Gasteiger partial charge in [-0.1, -0.05) is 23.7 Å².